The van der Waals surface area contributed by atoms with Gasteiger partial charge in [0.2, 0.25) is 5.91 Å². The molecule has 1 aliphatic carbocycles. The van der Waals surface area contributed by atoms with E-state index in [4.69, 9.17) is 4.74 Å². The molecule has 9 nitrogen and oxygen atoms in total. The van der Waals surface area contributed by atoms with Gasteiger partial charge in [0.25, 0.3) is 5.91 Å². The summed E-state index contributed by atoms with van der Waals surface area (Å²) in [6.45, 7) is 10.2. The first-order chi connectivity index (χ1) is 17.8. The zero-order valence-electron chi connectivity index (χ0n) is 21.5. The second-order valence-corrected chi connectivity index (χ2v) is 11.5. The Bertz CT molecular complexity index is 1150. The molecule has 1 aromatic rings. The molecule has 37 heavy (non-hydrogen) atoms. The van der Waals surface area contributed by atoms with Crippen LogP contribution in [0.15, 0.2) is 41.5 Å². The van der Waals surface area contributed by atoms with Crippen LogP contribution in [0.5, 0.6) is 5.75 Å². The van der Waals surface area contributed by atoms with Gasteiger partial charge in [-0.15, -0.1) is 0 Å². The molecule has 3 heterocycles. The van der Waals surface area contributed by atoms with Gasteiger partial charge < -0.3 is 26.0 Å². The van der Waals surface area contributed by atoms with Gasteiger partial charge in [-0.25, -0.2) is 4.79 Å². The Morgan fingerprint density at radius 1 is 1.22 bits per heavy atom. The van der Waals surface area contributed by atoms with Gasteiger partial charge in [0.1, 0.15) is 5.75 Å². The van der Waals surface area contributed by atoms with Crippen LogP contribution in [-0.4, -0.2) is 54.0 Å². The van der Waals surface area contributed by atoms with Crippen molar-refractivity contribution in [3.63, 3.8) is 0 Å². The number of ether oxygens (including phenoxy) is 1. The molecule has 1 aromatic carbocycles. The molecule has 3 aliphatic heterocycles. The molecule has 0 spiro atoms. The molecule has 10 heteroatoms. The van der Waals surface area contributed by atoms with Crippen molar-refractivity contribution in [2.75, 3.05) is 11.4 Å². The van der Waals surface area contributed by atoms with Crippen molar-refractivity contribution < 1.29 is 19.1 Å². The third kappa shape index (κ3) is 4.96. The number of piperidine rings is 1. The predicted molar refractivity (Wildman–Crippen MR) is 144 cm³/mol. The number of benzene rings is 1. The largest absolute Gasteiger partial charge is 0.491 e. The molecule has 5 rings (SSSR count). The number of amides is 4. The lowest BCUT2D eigenvalue weighted by molar-refractivity contribution is -0.119. The highest BCUT2D eigenvalue weighted by Crippen LogP contribution is 2.48. The smallest absolute Gasteiger partial charge is 0.326 e. The number of carbonyl (C=O) groups is 3. The molecule has 0 radical (unpaired) electrons. The summed E-state index contributed by atoms with van der Waals surface area (Å²) in [5.41, 5.74) is 2.52. The predicted octanol–water partition coefficient (Wildman–Crippen LogP) is 2.91. The van der Waals surface area contributed by atoms with Crippen LogP contribution >= 0.6 is 11.8 Å². The standard InChI is InChI=1S/C27H35N5O4S/c1-5-21(33)29-17-7-6-8-18(17)30-25(34)24-23-22-20(11-12-28-26(22)37-24)32(27(35)31-23)19-10-9-16(13-15(19)4)36-14(2)3/h5,9-10,13-14,17-18,20,22,26,28H,1,6-8,11-12H2,2-4H3,(H,29,33)(H,30,34)(H,31,35)/t17-,18-,20?,22?,26?/m1/s1. The summed E-state index contributed by atoms with van der Waals surface area (Å²) in [4.78, 5) is 41.2. The lowest BCUT2D eigenvalue weighted by Crippen LogP contribution is -2.62. The van der Waals surface area contributed by atoms with Crippen molar-refractivity contribution in [1.29, 1.82) is 0 Å². The monoisotopic (exact) mass is 525 g/mol. The van der Waals surface area contributed by atoms with Gasteiger partial charge in [-0.3, -0.25) is 14.5 Å². The molecule has 5 atom stereocenters. The fraction of sp³-hybridized carbons (Fsp3) is 0.519. The fourth-order valence-corrected chi connectivity index (χ4v) is 7.33. The quantitative estimate of drug-likeness (QED) is 0.408. The minimum atomic E-state index is -0.236. The van der Waals surface area contributed by atoms with Gasteiger partial charge in [-0.1, -0.05) is 18.3 Å². The molecule has 3 fully saturated rings. The minimum Gasteiger partial charge on any atom is -0.491 e. The van der Waals surface area contributed by atoms with E-state index in [1.165, 1.54) is 17.8 Å². The molecule has 0 aromatic heterocycles. The second kappa shape index (κ2) is 10.4. The zero-order chi connectivity index (χ0) is 26.3. The van der Waals surface area contributed by atoms with Gasteiger partial charge in [0.15, 0.2) is 0 Å². The first-order valence-electron chi connectivity index (χ1n) is 13.0. The van der Waals surface area contributed by atoms with E-state index in [2.05, 4.69) is 27.8 Å². The second-order valence-electron chi connectivity index (χ2n) is 10.4. The average Bonchev–Trinajstić information content (AvgIpc) is 3.44. The van der Waals surface area contributed by atoms with Crippen LogP contribution in [0.4, 0.5) is 10.5 Å². The summed E-state index contributed by atoms with van der Waals surface area (Å²) in [5, 5.41) is 12.7. The number of nitrogens with zero attached hydrogens (tertiary/aromatic N) is 1. The number of nitrogens with one attached hydrogen (secondary N) is 4. The summed E-state index contributed by atoms with van der Waals surface area (Å²) < 4.78 is 5.83. The molecular formula is C27H35N5O4S. The van der Waals surface area contributed by atoms with E-state index in [1.807, 2.05) is 43.9 Å². The number of carbonyl (C=O) groups excluding carboxylic acids is 3. The highest BCUT2D eigenvalue weighted by Gasteiger charge is 2.52. The number of hydrogen-bond acceptors (Lipinski definition) is 6. The number of anilines is 1. The Morgan fingerprint density at radius 3 is 2.68 bits per heavy atom. The van der Waals surface area contributed by atoms with E-state index in [0.717, 1.165) is 49.2 Å². The minimum absolute atomic E-state index is 0.00120. The highest BCUT2D eigenvalue weighted by molar-refractivity contribution is 8.04. The normalized spacial score (nSPS) is 28.6. The summed E-state index contributed by atoms with van der Waals surface area (Å²) in [6, 6.07) is 5.27. The van der Waals surface area contributed by atoms with Crippen molar-refractivity contribution in [2.45, 2.75) is 76.1 Å². The van der Waals surface area contributed by atoms with E-state index in [9.17, 15) is 14.4 Å². The lowest BCUT2D eigenvalue weighted by atomic mass is 9.86. The van der Waals surface area contributed by atoms with E-state index in [-0.39, 0.29) is 53.4 Å². The molecule has 2 saturated heterocycles. The van der Waals surface area contributed by atoms with Crippen molar-refractivity contribution in [3.8, 4) is 5.75 Å². The van der Waals surface area contributed by atoms with Crippen LogP contribution in [0, 0.1) is 12.8 Å². The molecule has 198 valence electrons. The van der Waals surface area contributed by atoms with Crippen LogP contribution in [0.25, 0.3) is 0 Å². The number of hydrogen-bond donors (Lipinski definition) is 4. The van der Waals surface area contributed by atoms with Crippen molar-refractivity contribution in [3.05, 3.63) is 47.0 Å². The number of thioether (sulfide) groups is 1. The lowest BCUT2D eigenvalue weighted by Gasteiger charge is -2.46. The Labute approximate surface area is 221 Å². The molecule has 4 aliphatic rings. The summed E-state index contributed by atoms with van der Waals surface area (Å²) in [6.07, 6.45) is 4.64. The third-order valence-electron chi connectivity index (χ3n) is 7.49. The SMILES string of the molecule is C=CC(=O)N[C@@H]1CCC[C@H]1NC(=O)C1=C2NC(=O)N(c3ccc(OC(C)C)cc3C)C3CCNC(S1)C23. The van der Waals surface area contributed by atoms with Crippen LogP contribution in [0.3, 0.4) is 0 Å². The molecular weight excluding hydrogens is 490 g/mol. The van der Waals surface area contributed by atoms with Crippen molar-refractivity contribution in [1.82, 2.24) is 21.3 Å². The number of urea groups is 1. The average molecular weight is 526 g/mol. The van der Waals surface area contributed by atoms with E-state index in [0.29, 0.717) is 10.6 Å². The molecule has 4 N–H and O–H groups in total. The maximum Gasteiger partial charge on any atom is 0.326 e. The van der Waals surface area contributed by atoms with E-state index >= 15 is 0 Å². The molecule has 0 bridgehead atoms. The molecule has 1 saturated carbocycles. The van der Waals surface area contributed by atoms with Crippen LogP contribution in [0.1, 0.15) is 45.1 Å². The Hall–Kier alpha value is -2.98. The van der Waals surface area contributed by atoms with Gasteiger partial charge in [-0.05, 0) is 82.8 Å². The Kier molecular flexibility index (Phi) is 7.22. The fourth-order valence-electron chi connectivity index (χ4n) is 5.93. The number of aryl methyl sites for hydroxylation is 1. The van der Waals surface area contributed by atoms with Crippen LogP contribution in [0.2, 0.25) is 0 Å². The Balaban J connectivity index is 1.38. The van der Waals surface area contributed by atoms with E-state index in [1.54, 1.807) is 0 Å². The topological polar surface area (TPSA) is 112 Å². The van der Waals surface area contributed by atoms with E-state index < -0.39 is 0 Å². The maximum atomic E-state index is 13.5. The van der Waals surface area contributed by atoms with Gasteiger partial charge >= 0.3 is 6.03 Å². The molecule has 4 amide bonds. The molecule has 3 unspecified atom stereocenters. The number of rotatable bonds is 7. The highest BCUT2D eigenvalue weighted by atomic mass is 32.2. The van der Waals surface area contributed by atoms with Gasteiger partial charge in [0.05, 0.1) is 22.4 Å². The maximum absolute atomic E-state index is 13.5. The summed E-state index contributed by atoms with van der Waals surface area (Å²) >= 11 is 1.49. The van der Waals surface area contributed by atoms with Gasteiger partial charge in [0, 0.05) is 29.4 Å². The summed E-state index contributed by atoms with van der Waals surface area (Å²) in [7, 11) is 0. The van der Waals surface area contributed by atoms with Crippen molar-refractivity contribution >= 4 is 35.3 Å². The van der Waals surface area contributed by atoms with Crippen molar-refractivity contribution in [2.24, 2.45) is 5.92 Å². The summed E-state index contributed by atoms with van der Waals surface area (Å²) in [5.74, 6) is 0.324. The first-order valence-corrected chi connectivity index (χ1v) is 13.9. The first kappa shape index (κ1) is 25.7. The van der Waals surface area contributed by atoms with Crippen LogP contribution in [-0.2, 0) is 9.59 Å². The van der Waals surface area contributed by atoms with Gasteiger partial charge in [-0.2, -0.15) is 0 Å². The van der Waals surface area contributed by atoms with Crippen LogP contribution < -0.4 is 30.9 Å². The zero-order valence-corrected chi connectivity index (χ0v) is 22.3. The Morgan fingerprint density at radius 2 is 1.97 bits per heavy atom. The third-order valence-corrected chi connectivity index (χ3v) is 8.85.